The monoisotopic (exact) mass is 314 g/mol. The molecule has 2 aromatic rings. The van der Waals surface area contributed by atoms with E-state index in [-0.39, 0.29) is 17.4 Å². The Morgan fingerprint density at radius 3 is 2.65 bits per heavy atom. The molecule has 6 heteroatoms. The number of nitrogens with zero attached hydrogens (tertiary/aromatic N) is 1. The number of aromatic hydroxyl groups is 2. The molecule has 0 fully saturated rings. The average molecular weight is 314 g/mol. The molecule has 0 aromatic heterocycles. The van der Waals surface area contributed by atoms with Gasteiger partial charge in [0.1, 0.15) is 5.75 Å². The molecule has 0 atom stereocenters. The maximum absolute atomic E-state index is 11.7. The maximum Gasteiger partial charge on any atom is 0.240 e. The molecule has 23 heavy (non-hydrogen) atoms. The minimum absolute atomic E-state index is 0.0441. The molecule has 2 rings (SSSR count). The van der Waals surface area contributed by atoms with Crippen LogP contribution in [0.15, 0.2) is 47.6 Å². The number of hydrogen-bond acceptors (Lipinski definition) is 5. The number of ether oxygens (including phenoxy) is 1. The summed E-state index contributed by atoms with van der Waals surface area (Å²) in [5.74, 6) is 0.377. The second kappa shape index (κ2) is 7.84. The molecule has 0 aliphatic carbocycles. The lowest BCUT2D eigenvalue weighted by atomic mass is 10.1. The van der Waals surface area contributed by atoms with Crippen molar-refractivity contribution in [2.24, 2.45) is 5.10 Å². The van der Waals surface area contributed by atoms with E-state index in [4.69, 9.17) is 4.74 Å². The van der Waals surface area contributed by atoms with Crippen LogP contribution in [0.4, 0.5) is 0 Å². The molecule has 0 unspecified atom stereocenters. The third-order valence-electron chi connectivity index (χ3n) is 3.18. The minimum Gasteiger partial charge on any atom is -0.508 e. The summed E-state index contributed by atoms with van der Waals surface area (Å²) < 4.78 is 4.99. The fourth-order valence-corrected chi connectivity index (χ4v) is 1.93. The topological polar surface area (TPSA) is 91.2 Å². The number of rotatable bonds is 6. The van der Waals surface area contributed by atoms with E-state index in [0.29, 0.717) is 24.2 Å². The van der Waals surface area contributed by atoms with Crippen LogP contribution in [0.2, 0.25) is 0 Å². The Balaban J connectivity index is 1.82. The van der Waals surface area contributed by atoms with Crippen molar-refractivity contribution < 1.29 is 19.7 Å². The second-order valence-electron chi connectivity index (χ2n) is 4.89. The molecule has 0 aliphatic heterocycles. The Morgan fingerprint density at radius 1 is 1.22 bits per heavy atom. The van der Waals surface area contributed by atoms with Crippen LogP contribution in [0.5, 0.6) is 17.2 Å². The minimum atomic E-state index is -0.208. The van der Waals surface area contributed by atoms with Gasteiger partial charge in [0.2, 0.25) is 5.91 Å². The Hall–Kier alpha value is -3.02. The molecule has 2 aromatic carbocycles. The number of nitrogens with one attached hydrogen (secondary N) is 1. The van der Waals surface area contributed by atoms with E-state index in [1.54, 1.807) is 36.4 Å². The second-order valence-corrected chi connectivity index (χ2v) is 4.89. The molecule has 0 aliphatic rings. The van der Waals surface area contributed by atoms with Crippen LogP contribution >= 0.6 is 0 Å². The predicted octanol–water partition coefficient (Wildman–Crippen LogP) is 2.19. The largest absolute Gasteiger partial charge is 0.508 e. The van der Waals surface area contributed by atoms with E-state index in [9.17, 15) is 15.0 Å². The molecule has 0 bridgehead atoms. The molecule has 120 valence electrons. The highest BCUT2D eigenvalue weighted by atomic mass is 16.5. The van der Waals surface area contributed by atoms with Crippen LogP contribution < -0.4 is 10.2 Å². The van der Waals surface area contributed by atoms with Crippen molar-refractivity contribution in [2.75, 3.05) is 7.11 Å². The lowest BCUT2D eigenvalue weighted by molar-refractivity contribution is -0.121. The summed E-state index contributed by atoms with van der Waals surface area (Å²) >= 11 is 0. The number of amides is 1. The van der Waals surface area contributed by atoms with Crippen molar-refractivity contribution in [3.63, 3.8) is 0 Å². The molecule has 0 saturated heterocycles. The van der Waals surface area contributed by atoms with E-state index >= 15 is 0 Å². The maximum atomic E-state index is 11.7. The van der Waals surface area contributed by atoms with Gasteiger partial charge in [-0.3, -0.25) is 4.79 Å². The van der Waals surface area contributed by atoms with E-state index in [1.165, 1.54) is 19.4 Å². The van der Waals surface area contributed by atoms with Crippen LogP contribution in [0, 0.1) is 0 Å². The number of benzene rings is 2. The number of aryl methyl sites for hydroxylation is 1. The van der Waals surface area contributed by atoms with Crippen molar-refractivity contribution in [3.8, 4) is 17.2 Å². The number of hydrogen-bond donors (Lipinski definition) is 3. The lowest BCUT2D eigenvalue weighted by Crippen LogP contribution is -2.17. The van der Waals surface area contributed by atoms with Gasteiger partial charge < -0.3 is 14.9 Å². The highest BCUT2D eigenvalue weighted by molar-refractivity contribution is 5.83. The molecule has 6 nitrogen and oxygen atoms in total. The zero-order valence-electron chi connectivity index (χ0n) is 12.7. The van der Waals surface area contributed by atoms with Gasteiger partial charge in [0.05, 0.1) is 13.3 Å². The summed E-state index contributed by atoms with van der Waals surface area (Å²) in [6, 6.07) is 11.5. The van der Waals surface area contributed by atoms with Crippen LogP contribution in [-0.4, -0.2) is 29.4 Å². The Kier molecular flexibility index (Phi) is 5.57. The summed E-state index contributed by atoms with van der Waals surface area (Å²) in [7, 11) is 1.46. The summed E-state index contributed by atoms with van der Waals surface area (Å²) in [6.07, 6.45) is 2.33. The van der Waals surface area contributed by atoms with Gasteiger partial charge in [-0.1, -0.05) is 12.1 Å². The van der Waals surface area contributed by atoms with Gasteiger partial charge in [0.25, 0.3) is 0 Å². The highest BCUT2D eigenvalue weighted by Gasteiger charge is 2.02. The van der Waals surface area contributed by atoms with E-state index in [0.717, 1.165) is 5.56 Å². The first-order chi connectivity index (χ1) is 11.1. The zero-order valence-corrected chi connectivity index (χ0v) is 12.7. The van der Waals surface area contributed by atoms with E-state index in [1.807, 2.05) is 0 Å². The molecule has 0 heterocycles. The van der Waals surface area contributed by atoms with Crippen LogP contribution in [0.25, 0.3) is 0 Å². The van der Waals surface area contributed by atoms with Crippen molar-refractivity contribution in [1.82, 2.24) is 5.43 Å². The van der Waals surface area contributed by atoms with Crippen molar-refractivity contribution in [3.05, 3.63) is 53.6 Å². The van der Waals surface area contributed by atoms with Gasteiger partial charge in [-0.2, -0.15) is 5.10 Å². The molecular weight excluding hydrogens is 296 g/mol. The Morgan fingerprint density at radius 2 is 1.96 bits per heavy atom. The van der Waals surface area contributed by atoms with Crippen molar-refractivity contribution in [2.45, 2.75) is 12.8 Å². The highest BCUT2D eigenvalue weighted by Crippen LogP contribution is 2.25. The number of hydrazone groups is 1. The number of phenols is 2. The zero-order chi connectivity index (χ0) is 16.7. The third-order valence-corrected chi connectivity index (χ3v) is 3.18. The fourth-order valence-electron chi connectivity index (χ4n) is 1.93. The summed E-state index contributed by atoms with van der Waals surface area (Å²) in [5, 5.41) is 22.6. The summed E-state index contributed by atoms with van der Waals surface area (Å²) in [6.45, 7) is 0. The van der Waals surface area contributed by atoms with E-state index in [2.05, 4.69) is 10.5 Å². The summed E-state index contributed by atoms with van der Waals surface area (Å²) in [5.41, 5.74) is 4.10. The number of phenolic OH excluding ortho intramolecular Hbond substituents is 2. The van der Waals surface area contributed by atoms with Gasteiger partial charge in [-0.15, -0.1) is 0 Å². The number of methoxy groups -OCH3 is 1. The molecule has 0 spiro atoms. The Bertz CT molecular complexity index is 696. The number of carbonyl (C=O) groups is 1. The van der Waals surface area contributed by atoms with Gasteiger partial charge in [-0.05, 0) is 47.9 Å². The first kappa shape index (κ1) is 16.4. The summed E-state index contributed by atoms with van der Waals surface area (Å²) in [4.78, 5) is 11.7. The van der Waals surface area contributed by atoms with Crippen molar-refractivity contribution >= 4 is 12.1 Å². The standard InChI is InChI=1S/C17H18N2O4/c1-23-16-10-13(4-8-15(16)21)11-18-19-17(22)9-5-12-2-6-14(20)7-3-12/h2-4,6-8,10-11,20-21H,5,9H2,1H3,(H,19,22)/b18-11+. The van der Waals surface area contributed by atoms with Crippen LogP contribution in [-0.2, 0) is 11.2 Å². The quantitative estimate of drug-likeness (QED) is 0.563. The van der Waals surface area contributed by atoms with Crippen molar-refractivity contribution in [1.29, 1.82) is 0 Å². The molecule has 1 amide bonds. The molecule has 0 saturated carbocycles. The normalized spacial score (nSPS) is 10.7. The molecule has 3 N–H and O–H groups in total. The van der Waals surface area contributed by atoms with Gasteiger partial charge in [0.15, 0.2) is 11.5 Å². The van der Waals surface area contributed by atoms with Crippen LogP contribution in [0.3, 0.4) is 0 Å². The van der Waals surface area contributed by atoms with E-state index < -0.39 is 0 Å². The predicted molar refractivity (Wildman–Crippen MR) is 86.8 cm³/mol. The number of carbonyl (C=O) groups excluding carboxylic acids is 1. The lowest BCUT2D eigenvalue weighted by Gasteiger charge is -2.04. The SMILES string of the molecule is COc1cc(/C=N/NC(=O)CCc2ccc(O)cc2)ccc1O. The fraction of sp³-hybridized carbons (Fsp3) is 0.176. The third kappa shape index (κ3) is 5.03. The van der Waals surface area contributed by atoms with Gasteiger partial charge in [0, 0.05) is 6.42 Å². The Labute approximate surface area is 134 Å². The molecule has 0 radical (unpaired) electrons. The van der Waals surface area contributed by atoms with Gasteiger partial charge in [-0.25, -0.2) is 5.43 Å². The first-order valence-corrected chi connectivity index (χ1v) is 7.05. The first-order valence-electron chi connectivity index (χ1n) is 7.05. The smallest absolute Gasteiger partial charge is 0.240 e. The van der Waals surface area contributed by atoms with Gasteiger partial charge >= 0.3 is 0 Å². The average Bonchev–Trinajstić information content (AvgIpc) is 2.56. The molecular formula is C17H18N2O4. The van der Waals surface area contributed by atoms with Crippen LogP contribution in [0.1, 0.15) is 17.5 Å².